The number of ether oxygens (including phenoxy) is 2. The summed E-state index contributed by atoms with van der Waals surface area (Å²) in [6.07, 6.45) is 5.25. The summed E-state index contributed by atoms with van der Waals surface area (Å²) >= 11 is 0. The fourth-order valence-electron chi connectivity index (χ4n) is 3.79. The number of aryl methyl sites for hydroxylation is 1. The number of nitrogens with zero attached hydrogens (tertiary/aromatic N) is 4. The minimum Gasteiger partial charge on any atom is -0.496 e. The van der Waals surface area contributed by atoms with E-state index in [1.165, 1.54) is 0 Å². The van der Waals surface area contributed by atoms with E-state index in [9.17, 15) is 4.79 Å². The maximum Gasteiger partial charge on any atom is 0.248 e. The summed E-state index contributed by atoms with van der Waals surface area (Å²) in [7, 11) is 1.66. The summed E-state index contributed by atoms with van der Waals surface area (Å²) < 4.78 is 12.5. The van der Waals surface area contributed by atoms with Crippen molar-refractivity contribution in [3.8, 4) is 5.75 Å². The predicted octanol–water partition coefficient (Wildman–Crippen LogP) is 1.71. The zero-order valence-electron chi connectivity index (χ0n) is 15.3. The predicted molar refractivity (Wildman–Crippen MR) is 94.0 cm³/mol. The molecule has 2 aromatic heterocycles. The second kappa shape index (κ2) is 6.35. The third kappa shape index (κ3) is 2.94. The molecule has 2 unspecified atom stereocenters. The van der Waals surface area contributed by atoms with Crippen molar-refractivity contribution in [2.24, 2.45) is 11.3 Å². The second-order valence-corrected chi connectivity index (χ2v) is 7.22. The van der Waals surface area contributed by atoms with Crippen molar-refractivity contribution >= 4 is 11.9 Å². The third-order valence-electron chi connectivity index (χ3n) is 5.47. The number of carbonyl (C=O) groups excluding carboxylic acids is 1. The van der Waals surface area contributed by atoms with E-state index in [2.05, 4.69) is 20.4 Å². The van der Waals surface area contributed by atoms with Crippen LogP contribution in [0.5, 0.6) is 5.75 Å². The Morgan fingerprint density at radius 2 is 2.31 bits per heavy atom. The molecule has 26 heavy (non-hydrogen) atoms. The van der Waals surface area contributed by atoms with E-state index in [1.54, 1.807) is 24.3 Å². The SMILES string of the molecule is COc1c(C)cnc(Cn2cnc(NC(=O)C3CC34CCOC4)n2)c1C. The van der Waals surface area contributed by atoms with Crippen molar-refractivity contribution in [2.45, 2.75) is 33.2 Å². The quantitative estimate of drug-likeness (QED) is 0.876. The molecule has 1 amide bonds. The third-order valence-corrected chi connectivity index (χ3v) is 5.47. The number of hydrogen-bond acceptors (Lipinski definition) is 6. The zero-order chi connectivity index (χ0) is 18.3. The van der Waals surface area contributed by atoms with Crippen LogP contribution in [0.25, 0.3) is 0 Å². The summed E-state index contributed by atoms with van der Waals surface area (Å²) in [4.78, 5) is 21.1. The lowest BCUT2D eigenvalue weighted by molar-refractivity contribution is -0.118. The second-order valence-electron chi connectivity index (χ2n) is 7.22. The number of aromatic nitrogens is 4. The van der Waals surface area contributed by atoms with Crippen LogP contribution in [0, 0.1) is 25.2 Å². The molecule has 2 aromatic rings. The number of methoxy groups -OCH3 is 1. The van der Waals surface area contributed by atoms with Gasteiger partial charge >= 0.3 is 0 Å². The van der Waals surface area contributed by atoms with Crippen LogP contribution in [0.4, 0.5) is 5.95 Å². The Morgan fingerprint density at radius 1 is 1.46 bits per heavy atom. The first-order valence-corrected chi connectivity index (χ1v) is 8.79. The van der Waals surface area contributed by atoms with E-state index < -0.39 is 0 Å². The van der Waals surface area contributed by atoms with Gasteiger partial charge < -0.3 is 9.47 Å². The molecule has 0 radical (unpaired) electrons. The number of amides is 1. The monoisotopic (exact) mass is 357 g/mol. The summed E-state index contributed by atoms with van der Waals surface area (Å²) in [6, 6.07) is 0. The summed E-state index contributed by atoms with van der Waals surface area (Å²) in [5.74, 6) is 1.16. The van der Waals surface area contributed by atoms with Crippen LogP contribution in [0.2, 0.25) is 0 Å². The van der Waals surface area contributed by atoms with Crippen molar-refractivity contribution in [3.05, 3.63) is 29.3 Å². The van der Waals surface area contributed by atoms with Crippen LogP contribution >= 0.6 is 0 Å². The first-order valence-electron chi connectivity index (χ1n) is 8.79. The van der Waals surface area contributed by atoms with E-state index >= 15 is 0 Å². The maximum absolute atomic E-state index is 12.4. The highest BCUT2D eigenvalue weighted by atomic mass is 16.5. The molecule has 0 aromatic carbocycles. The van der Waals surface area contributed by atoms with Gasteiger partial charge in [-0.3, -0.25) is 15.1 Å². The molecule has 4 rings (SSSR count). The Hall–Kier alpha value is -2.48. The number of pyridine rings is 1. The first kappa shape index (κ1) is 17.0. The molecular weight excluding hydrogens is 334 g/mol. The van der Waals surface area contributed by atoms with Crippen LogP contribution in [-0.4, -0.2) is 46.0 Å². The fraction of sp³-hybridized carbons (Fsp3) is 0.556. The molecule has 8 nitrogen and oxygen atoms in total. The van der Waals surface area contributed by atoms with Crippen molar-refractivity contribution in [3.63, 3.8) is 0 Å². The van der Waals surface area contributed by atoms with Gasteiger partial charge in [0.25, 0.3) is 0 Å². The molecule has 1 N–H and O–H groups in total. The standard InChI is InChI=1S/C18H23N5O3/c1-11-7-19-14(12(2)15(11)25-3)8-23-10-20-17(22-23)21-16(24)13-6-18(13)4-5-26-9-18/h7,10,13H,4-6,8-9H2,1-3H3,(H,21,22,24). The minimum absolute atomic E-state index is 0.0143. The van der Waals surface area contributed by atoms with Gasteiger partial charge in [-0.05, 0) is 26.7 Å². The number of carbonyl (C=O) groups is 1. The Morgan fingerprint density at radius 3 is 3.04 bits per heavy atom. The van der Waals surface area contributed by atoms with Gasteiger partial charge in [-0.15, -0.1) is 5.10 Å². The number of nitrogens with one attached hydrogen (secondary N) is 1. The van der Waals surface area contributed by atoms with Gasteiger partial charge in [0.2, 0.25) is 11.9 Å². The maximum atomic E-state index is 12.4. The van der Waals surface area contributed by atoms with Gasteiger partial charge in [0.05, 0.1) is 26.0 Å². The molecule has 0 bridgehead atoms. The molecule has 1 aliphatic heterocycles. The number of rotatable bonds is 5. The largest absolute Gasteiger partial charge is 0.496 e. The van der Waals surface area contributed by atoms with Crippen molar-refractivity contribution < 1.29 is 14.3 Å². The smallest absolute Gasteiger partial charge is 0.248 e. The molecule has 8 heteroatoms. The Kier molecular flexibility index (Phi) is 4.14. The van der Waals surface area contributed by atoms with Crippen LogP contribution in [0.1, 0.15) is 29.7 Å². The Balaban J connectivity index is 1.42. The average Bonchev–Trinajstić information content (AvgIpc) is 2.92. The highest BCUT2D eigenvalue weighted by Gasteiger charge is 2.59. The van der Waals surface area contributed by atoms with E-state index in [0.29, 0.717) is 19.1 Å². The summed E-state index contributed by atoms with van der Waals surface area (Å²) in [5.41, 5.74) is 2.90. The van der Waals surface area contributed by atoms with Crippen molar-refractivity contribution in [1.29, 1.82) is 0 Å². The summed E-state index contributed by atoms with van der Waals surface area (Å²) in [6.45, 7) is 5.85. The first-order chi connectivity index (χ1) is 12.5. The normalized spacial score (nSPS) is 24.0. The molecule has 3 heterocycles. The molecule has 2 fully saturated rings. The van der Waals surface area contributed by atoms with Crippen LogP contribution in [-0.2, 0) is 16.1 Å². The lowest BCUT2D eigenvalue weighted by Gasteiger charge is -2.11. The highest BCUT2D eigenvalue weighted by Crippen LogP contribution is 2.58. The molecule has 138 valence electrons. The minimum atomic E-state index is -0.0143. The topological polar surface area (TPSA) is 91.2 Å². The van der Waals surface area contributed by atoms with E-state index in [1.807, 2.05) is 13.8 Å². The van der Waals surface area contributed by atoms with E-state index in [4.69, 9.17) is 9.47 Å². The Bertz CT molecular complexity index is 841. The van der Waals surface area contributed by atoms with E-state index in [0.717, 1.165) is 42.0 Å². The van der Waals surface area contributed by atoms with Gasteiger partial charge in [-0.1, -0.05) is 0 Å². The van der Waals surface area contributed by atoms with Crippen molar-refractivity contribution in [2.75, 3.05) is 25.6 Å². The molecular formula is C18H23N5O3. The molecule has 2 aliphatic rings. The highest BCUT2D eigenvalue weighted by molar-refractivity contribution is 5.93. The lowest BCUT2D eigenvalue weighted by atomic mass is 10.0. The molecule has 1 saturated carbocycles. The van der Waals surface area contributed by atoms with Gasteiger partial charge in [-0.25, -0.2) is 9.67 Å². The summed E-state index contributed by atoms with van der Waals surface area (Å²) in [5, 5.41) is 7.18. The zero-order valence-corrected chi connectivity index (χ0v) is 15.3. The van der Waals surface area contributed by atoms with E-state index in [-0.39, 0.29) is 17.2 Å². The Labute approximate surface area is 151 Å². The fourth-order valence-corrected chi connectivity index (χ4v) is 3.79. The molecule has 1 spiro atoms. The molecule has 1 saturated heterocycles. The van der Waals surface area contributed by atoms with Crippen molar-refractivity contribution in [1.82, 2.24) is 19.7 Å². The molecule has 2 atom stereocenters. The van der Waals surface area contributed by atoms with Gasteiger partial charge in [-0.2, -0.15) is 0 Å². The van der Waals surface area contributed by atoms with Gasteiger partial charge in [0.15, 0.2) is 0 Å². The van der Waals surface area contributed by atoms with Gasteiger partial charge in [0, 0.05) is 35.3 Å². The van der Waals surface area contributed by atoms with Crippen LogP contribution in [0.3, 0.4) is 0 Å². The van der Waals surface area contributed by atoms with Crippen LogP contribution < -0.4 is 10.1 Å². The molecule has 1 aliphatic carbocycles. The van der Waals surface area contributed by atoms with Crippen LogP contribution in [0.15, 0.2) is 12.5 Å². The lowest BCUT2D eigenvalue weighted by Crippen LogP contribution is -2.20. The average molecular weight is 357 g/mol. The number of anilines is 1. The number of hydrogen-bond donors (Lipinski definition) is 1. The van der Waals surface area contributed by atoms with Gasteiger partial charge in [0.1, 0.15) is 12.1 Å².